The van der Waals surface area contributed by atoms with Gasteiger partial charge in [0.2, 0.25) is 10.0 Å². The smallest absolute Gasteiger partial charge is 0.393 e. The zero-order valence-electron chi connectivity index (χ0n) is 11.8. The van der Waals surface area contributed by atoms with E-state index in [9.17, 15) is 30.8 Å². The summed E-state index contributed by atoms with van der Waals surface area (Å²) in [4.78, 5) is 10.3. The van der Waals surface area contributed by atoms with Gasteiger partial charge >= 0.3 is 12.1 Å². The molecule has 130 valence electrons. The molecule has 1 N–H and O–H groups in total. The molecule has 1 aliphatic heterocycles. The first-order valence-corrected chi connectivity index (χ1v) is 7.92. The summed E-state index contributed by atoms with van der Waals surface area (Å²) in [5, 5.41) is 17.8. The van der Waals surface area contributed by atoms with Crippen LogP contribution in [-0.2, 0) is 14.8 Å². The highest BCUT2D eigenvalue weighted by molar-refractivity contribution is 7.89. The SMILES string of the molecule is N#Cc1cc(F)ccc1S(=O)(=O)N1C[C@@H](C(F)(F)F)[C@H](C(=O)O)C1. The second kappa shape index (κ2) is 6.03. The number of alkyl halides is 3. The average Bonchev–Trinajstić information content (AvgIpc) is 2.93. The Hall–Kier alpha value is -2.19. The third-order valence-corrected chi connectivity index (χ3v) is 5.59. The second-order valence-corrected chi connectivity index (χ2v) is 7.07. The zero-order valence-corrected chi connectivity index (χ0v) is 12.6. The number of aliphatic carboxylic acids is 1. The second-order valence-electron chi connectivity index (χ2n) is 5.17. The first-order valence-electron chi connectivity index (χ1n) is 6.47. The zero-order chi connectivity index (χ0) is 18.3. The lowest BCUT2D eigenvalue weighted by Gasteiger charge is -2.18. The number of sulfonamides is 1. The maximum absolute atomic E-state index is 13.1. The summed E-state index contributed by atoms with van der Waals surface area (Å²) in [6.07, 6.45) is -4.89. The molecule has 1 saturated heterocycles. The molecule has 0 saturated carbocycles. The predicted octanol–water partition coefficient (Wildman–Crippen LogP) is 1.58. The fourth-order valence-electron chi connectivity index (χ4n) is 2.50. The Balaban J connectivity index is 2.45. The molecule has 11 heteroatoms. The summed E-state index contributed by atoms with van der Waals surface area (Å²) in [7, 11) is -4.58. The van der Waals surface area contributed by atoms with E-state index in [0.717, 1.165) is 12.1 Å². The van der Waals surface area contributed by atoms with Crippen LogP contribution in [0.25, 0.3) is 0 Å². The lowest BCUT2D eigenvalue weighted by molar-refractivity contribution is -0.187. The molecule has 24 heavy (non-hydrogen) atoms. The normalized spacial score (nSPS) is 22.3. The van der Waals surface area contributed by atoms with Crippen LogP contribution in [0.1, 0.15) is 5.56 Å². The van der Waals surface area contributed by atoms with Crippen molar-refractivity contribution in [3.63, 3.8) is 0 Å². The van der Waals surface area contributed by atoms with Gasteiger partial charge in [-0.2, -0.15) is 22.7 Å². The summed E-state index contributed by atoms with van der Waals surface area (Å²) in [6.45, 7) is -1.96. The van der Waals surface area contributed by atoms with Gasteiger partial charge in [-0.15, -0.1) is 0 Å². The van der Waals surface area contributed by atoms with Crippen molar-refractivity contribution < 1.29 is 35.9 Å². The summed E-state index contributed by atoms with van der Waals surface area (Å²) in [5.74, 6) is -6.97. The van der Waals surface area contributed by atoms with Crippen LogP contribution in [-0.4, -0.2) is 43.1 Å². The lowest BCUT2D eigenvalue weighted by atomic mass is 9.96. The standard InChI is InChI=1S/C13H10F4N2O4S/c14-8-1-2-11(7(3-8)4-18)24(22,23)19-5-9(12(20)21)10(6-19)13(15,16)17/h1-3,9-10H,5-6H2,(H,20,21)/t9-,10-/m1/s1. The van der Waals surface area contributed by atoms with Crippen LogP contribution < -0.4 is 0 Å². The summed E-state index contributed by atoms with van der Waals surface area (Å²) < 4.78 is 77.2. The molecule has 1 aromatic rings. The number of carboxylic acid groups (broad SMARTS) is 1. The predicted molar refractivity (Wildman–Crippen MR) is 70.5 cm³/mol. The quantitative estimate of drug-likeness (QED) is 0.819. The Labute approximate surface area is 134 Å². The van der Waals surface area contributed by atoms with Gasteiger partial charge in [-0.25, -0.2) is 12.8 Å². The van der Waals surface area contributed by atoms with Crippen molar-refractivity contribution in [1.29, 1.82) is 5.26 Å². The van der Waals surface area contributed by atoms with E-state index in [4.69, 9.17) is 10.4 Å². The molecule has 2 atom stereocenters. The van der Waals surface area contributed by atoms with Crippen molar-refractivity contribution in [2.75, 3.05) is 13.1 Å². The third kappa shape index (κ3) is 3.20. The van der Waals surface area contributed by atoms with Crippen molar-refractivity contribution in [3.8, 4) is 6.07 Å². The van der Waals surface area contributed by atoms with Gasteiger partial charge in [0, 0.05) is 13.1 Å². The number of hydrogen-bond acceptors (Lipinski definition) is 4. The topological polar surface area (TPSA) is 98.5 Å². The molecule has 2 rings (SSSR count). The van der Waals surface area contributed by atoms with E-state index in [-0.39, 0.29) is 0 Å². The van der Waals surface area contributed by atoms with Gasteiger partial charge in [0.25, 0.3) is 0 Å². The Bertz CT molecular complexity index is 816. The first-order chi connectivity index (χ1) is 11.0. The first kappa shape index (κ1) is 18.2. The molecule has 1 aromatic carbocycles. The van der Waals surface area contributed by atoms with Crippen LogP contribution in [0.2, 0.25) is 0 Å². The van der Waals surface area contributed by atoms with E-state index >= 15 is 0 Å². The molecule has 0 aromatic heterocycles. The molecular formula is C13H10F4N2O4S. The van der Waals surface area contributed by atoms with Gasteiger partial charge in [0.1, 0.15) is 16.8 Å². The van der Waals surface area contributed by atoms with E-state index in [2.05, 4.69) is 0 Å². The molecule has 1 heterocycles. The fraction of sp³-hybridized carbons (Fsp3) is 0.385. The minimum atomic E-state index is -4.89. The molecule has 1 fully saturated rings. The Morgan fingerprint density at radius 1 is 1.33 bits per heavy atom. The van der Waals surface area contributed by atoms with E-state index < -0.39 is 63.4 Å². The molecule has 6 nitrogen and oxygen atoms in total. The van der Waals surface area contributed by atoms with E-state index in [1.54, 1.807) is 0 Å². The molecule has 0 aliphatic carbocycles. The molecule has 0 amide bonds. The minimum absolute atomic E-state index is 0.359. The summed E-state index contributed by atoms with van der Waals surface area (Å²) >= 11 is 0. The maximum atomic E-state index is 13.1. The van der Waals surface area contributed by atoms with Crippen molar-refractivity contribution >= 4 is 16.0 Å². The number of nitrogens with zero attached hydrogens (tertiary/aromatic N) is 2. The molecule has 1 aliphatic rings. The number of carboxylic acids is 1. The third-order valence-electron chi connectivity index (χ3n) is 3.70. The van der Waals surface area contributed by atoms with E-state index in [0.29, 0.717) is 10.4 Å². The van der Waals surface area contributed by atoms with Crippen LogP contribution >= 0.6 is 0 Å². The van der Waals surface area contributed by atoms with Crippen molar-refractivity contribution in [2.24, 2.45) is 11.8 Å². The molecule has 0 unspecified atom stereocenters. The number of carbonyl (C=O) groups is 1. The highest BCUT2D eigenvalue weighted by atomic mass is 32.2. The Kier molecular flexibility index (Phi) is 4.56. The summed E-state index contributed by atoms with van der Waals surface area (Å²) in [6, 6.07) is 3.61. The lowest BCUT2D eigenvalue weighted by Crippen LogP contribution is -2.34. The van der Waals surface area contributed by atoms with Crippen LogP contribution in [0.15, 0.2) is 23.1 Å². The number of rotatable bonds is 3. The van der Waals surface area contributed by atoms with Crippen LogP contribution in [0, 0.1) is 29.0 Å². The van der Waals surface area contributed by atoms with Gasteiger partial charge in [-0.05, 0) is 18.2 Å². The van der Waals surface area contributed by atoms with Crippen LogP contribution in [0.4, 0.5) is 17.6 Å². The molecule has 0 spiro atoms. The summed E-state index contributed by atoms with van der Waals surface area (Å²) in [5.41, 5.74) is -0.572. The molecular weight excluding hydrogens is 356 g/mol. The largest absolute Gasteiger partial charge is 0.481 e. The number of nitriles is 1. The van der Waals surface area contributed by atoms with Crippen molar-refractivity contribution in [1.82, 2.24) is 4.31 Å². The van der Waals surface area contributed by atoms with Gasteiger partial charge in [-0.1, -0.05) is 0 Å². The minimum Gasteiger partial charge on any atom is -0.481 e. The monoisotopic (exact) mass is 366 g/mol. The van der Waals surface area contributed by atoms with Crippen molar-refractivity contribution in [3.05, 3.63) is 29.6 Å². The average molecular weight is 366 g/mol. The van der Waals surface area contributed by atoms with E-state index in [1.165, 1.54) is 6.07 Å². The van der Waals surface area contributed by atoms with Gasteiger partial charge < -0.3 is 5.11 Å². The molecule has 0 bridgehead atoms. The van der Waals surface area contributed by atoms with Gasteiger partial charge in [-0.3, -0.25) is 4.79 Å². The highest BCUT2D eigenvalue weighted by Gasteiger charge is 2.55. The maximum Gasteiger partial charge on any atom is 0.393 e. The number of hydrogen-bond donors (Lipinski definition) is 1. The van der Waals surface area contributed by atoms with Gasteiger partial charge in [0.05, 0.1) is 17.4 Å². The van der Waals surface area contributed by atoms with Gasteiger partial charge in [0.15, 0.2) is 0 Å². The fourth-order valence-corrected chi connectivity index (χ4v) is 4.11. The molecule has 0 radical (unpaired) electrons. The highest BCUT2D eigenvalue weighted by Crippen LogP contribution is 2.39. The number of halogens is 4. The Morgan fingerprint density at radius 3 is 2.42 bits per heavy atom. The number of benzene rings is 1. The van der Waals surface area contributed by atoms with Crippen molar-refractivity contribution in [2.45, 2.75) is 11.1 Å². The van der Waals surface area contributed by atoms with Crippen LogP contribution in [0.3, 0.4) is 0 Å². The Morgan fingerprint density at radius 2 is 1.96 bits per heavy atom. The van der Waals surface area contributed by atoms with E-state index in [1.807, 2.05) is 0 Å². The van der Waals surface area contributed by atoms with Crippen LogP contribution in [0.5, 0.6) is 0 Å².